The molecule has 1 aliphatic carbocycles. The van der Waals surface area contributed by atoms with Gasteiger partial charge in [0.15, 0.2) is 5.15 Å². The molecular formula is C13H12ClN5. The molecule has 6 heteroatoms. The van der Waals surface area contributed by atoms with Crippen molar-refractivity contribution in [2.24, 2.45) is 0 Å². The summed E-state index contributed by atoms with van der Waals surface area (Å²) in [5, 5.41) is 13.9. The third kappa shape index (κ3) is 2.08. The van der Waals surface area contributed by atoms with Gasteiger partial charge in [0.2, 0.25) is 0 Å². The van der Waals surface area contributed by atoms with Crippen molar-refractivity contribution in [3.63, 3.8) is 0 Å². The number of aromatic nitrogens is 4. The molecule has 1 aliphatic rings. The minimum atomic E-state index is 0.300. The highest BCUT2D eigenvalue weighted by molar-refractivity contribution is 6.31. The summed E-state index contributed by atoms with van der Waals surface area (Å²) in [6, 6.07) is 4.02. The second-order valence-corrected chi connectivity index (χ2v) is 5.16. The van der Waals surface area contributed by atoms with Crippen LogP contribution in [0.15, 0.2) is 6.07 Å². The van der Waals surface area contributed by atoms with Crippen LogP contribution >= 0.6 is 11.6 Å². The summed E-state index contributed by atoms with van der Waals surface area (Å²) in [6.45, 7) is 3.78. The molecule has 2 aromatic heterocycles. The highest BCUT2D eigenvalue weighted by atomic mass is 35.5. The molecule has 3 rings (SSSR count). The van der Waals surface area contributed by atoms with E-state index in [1.165, 1.54) is 4.68 Å². The molecule has 0 radical (unpaired) electrons. The molecule has 0 atom stereocenters. The number of hydrogen-bond acceptors (Lipinski definition) is 4. The number of nitriles is 1. The van der Waals surface area contributed by atoms with Crippen LogP contribution in [0, 0.1) is 25.2 Å². The molecule has 2 heterocycles. The van der Waals surface area contributed by atoms with Crippen LogP contribution in [0.4, 0.5) is 0 Å². The Bertz CT molecular complexity index is 674. The van der Waals surface area contributed by atoms with Gasteiger partial charge in [-0.15, -0.1) is 0 Å². The Labute approximate surface area is 115 Å². The molecule has 1 saturated carbocycles. The van der Waals surface area contributed by atoms with E-state index < -0.39 is 0 Å². The maximum atomic E-state index is 9.22. The van der Waals surface area contributed by atoms with Gasteiger partial charge >= 0.3 is 0 Å². The summed E-state index contributed by atoms with van der Waals surface area (Å²) < 4.78 is 1.47. The zero-order chi connectivity index (χ0) is 13.6. The Morgan fingerprint density at radius 3 is 2.47 bits per heavy atom. The number of aryl methyl sites for hydroxylation is 2. The maximum absolute atomic E-state index is 9.22. The van der Waals surface area contributed by atoms with Gasteiger partial charge in [0.05, 0.1) is 5.69 Å². The Morgan fingerprint density at radius 2 is 1.95 bits per heavy atom. The van der Waals surface area contributed by atoms with E-state index in [0.717, 1.165) is 29.9 Å². The fourth-order valence-corrected chi connectivity index (χ4v) is 2.35. The molecule has 0 N–H and O–H groups in total. The van der Waals surface area contributed by atoms with Crippen LogP contribution in [0.3, 0.4) is 0 Å². The quantitative estimate of drug-likeness (QED) is 0.844. The van der Waals surface area contributed by atoms with Crippen LogP contribution in [0.25, 0.3) is 5.95 Å². The average Bonchev–Trinajstić information content (AvgIpc) is 3.12. The highest BCUT2D eigenvalue weighted by Crippen LogP contribution is 2.42. The van der Waals surface area contributed by atoms with E-state index in [2.05, 4.69) is 21.1 Å². The molecular weight excluding hydrogens is 262 g/mol. The van der Waals surface area contributed by atoms with Crippen molar-refractivity contribution >= 4 is 11.6 Å². The Balaban J connectivity index is 2.17. The van der Waals surface area contributed by atoms with Gasteiger partial charge in [-0.25, -0.2) is 9.97 Å². The number of halogens is 1. The first-order chi connectivity index (χ1) is 9.10. The summed E-state index contributed by atoms with van der Waals surface area (Å²) in [4.78, 5) is 8.66. The second-order valence-electron chi connectivity index (χ2n) is 4.80. The molecule has 0 spiro atoms. The first kappa shape index (κ1) is 12.1. The van der Waals surface area contributed by atoms with E-state index in [1.807, 2.05) is 19.9 Å². The average molecular weight is 274 g/mol. The van der Waals surface area contributed by atoms with Crippen molar-refractivity contribution in [2.45, 2.75) is 32.6 Å². The molecule has 0 bridgehead atoms. The first-order valence-electron chi connectivity index (χ1n) is 6.11. The third-order valence-electron chi connectivity index (χ3n) is 3.09. The van der Waals surface area contributed by atoms with Crippen molar-refractivity contribution in [3.05, 3.63) is 33.9 Å². The molecule has 0 saturated heterocycles. The predicted molar refractivity (Wildman–Crippen MR) is 70.3 cm³/mol. The van der Waals surface area contributed by atoms with Gasteiger partial charge in [-0.05, 0) is 32.8 Å². The third-order valence-corrected chi connectivity index (χ3v) is 3.44. The van der Waals surface area contributed by atoms with Gasteiger partial charge in [-0.1, -0.05) is 11.6 Å². The van der Waals surface area contributed by atoms with Crippen LogP contribution < -0.4 is 0 Å². The highest BCUT2D eigenvalue weighted by Gasteiger charge is 2.32. The maximum Gasteiger partial charge on any atom is 0.252 e. The largest absolute Gasteiger partial charge is 0.252 e. The van der Waals surface area contributed by atoms with Gasteiger partial charge < -0.3 is 0 Å². The lowest BCUT2D eigenvalue weighted by Crippen LogP contribution is -2.05. The van der Waals surface area contributed by atoms with Crippen LogP contribution in [-0.4, -0.2) is 19.7 Å². The summed E-state index contributed by atoms with van der Waals surface area (Å²) in [5.41, 5.74) is 2.92. The molecule has 0 aromatic carbocycles. The Morgan fingerprint density at radius 1 is 1.32 bits per heavy atom. The second kappa shape index (κ2) is 4.32. The van der Waals surface area contributed by atoms with Gasteiger partial charge in [0.1, 0.15) is 11.6 Å². The standard InChI is InChI=1S/C13H12ClN5/c1-7-5-8(2)17-13(16-7)19-12(14)10(6-15)11(18-19)9-3-4-9/h5,9H,3-4H2,1-2H3. The van der Waals surface area contributed by atoms with Crippen LogP contribution in [0.5, 0.6) is 0 Å². The molecule has 96 valence electrons. The minimum absolute atomic E-state index is 0.300. The normalized spacial score (nSPS) is 14.4. The van der Waals surface area contributed by atoms with Crippen LogP contribution in [0.2, 0.25) is 5.15 Å². The molecule has 5 nitrogen and oxygen atoms in total. The summed E-state index contributed by atoms with van der Waals surface area (Å²) >= 11 is 6.24. The van der Waals surface area contributed by atoms with E-state index in [-0.39, 0.29) is 0 Å². The van der Waals surface area contributed by atoms with Gasteiger partial charge in [-0.3, -0.25) is 0 Å². The lowest BCUT2D eigenvalue weighted by Gasteiger charge is -2.03. The Kier molecular flexibility index (Phi) is 2.76. The van der Waals surface area contributed by atoms with Gasteiger partial charge in [0.25, 0.3) is 5.95 Å². The van der Waals surface area contributed by atoms with Crippen LogP contribution in [-0.2, 0) is 0 Å². The minimum Gasteiger partial charge on any atom is -0.216 e. The molecule has 0 aliphatic heterocycles. The summed E-state index contributed by atoms with van der Waals surface area (Å²) in [5.74, 6) is 0.783. The molecule has 19 heavy (non-hydrogen) atoms. The Hall–Kier alpha value is -1.93. The zero-order valence-corrected chi connectivity index (χ0v) is 11.4. The lowest BCUT2D eigenvalue weighted by molar-refractivity contribution is 0.772. The van der Waals surface area contributed by atoms with Crippen LogP contribution in [0.1, 0.15) is 41.4 Å². The van der Waals surface area contributed by atoms with Crippen molar-refractivity contribution in [2.75, 3.05) is 0 Å². The fraction of sp³-hybridized carbons (Fsp3) is 0.385. The first-order valence-corrected chi connectivity index (χ1v) is 6.49. The number of rotatable bonds is 2. The topological polar surface area (TPSA) is 67.4 Å². The van der Waals surface area contributed by atoms with E-state index >= 15 is 0 Å². The smallest absolute Gasteiger partial charge is 0.216 e. The van der Waals surface area contributed by atoms with Gasteiger partial charge in [0, 0.05) is 17.3 Å². The summed E-state index contributed by atoms with van der Waals surface area (Å²) in [6.07, 6.45) is 2.13. The summed E-state index contributed by atoms with van der Waals surface area (Å²) in [7, 11) is 0. The zero-order valence-electron chi connectivity index (χ0n) is 10.7. The van der Waals surface area contributed by atoms with Crippen molar-refractivity contribution in [1.29, 1.82) is 5.26 Å². The number of hydrogen-bond donors (Lipinski definition) is 0. The van der Waals surface area contributed by atoms with E-state index in [0.29, 0.717) is 22.6 Å². The van der Waals surface area contributed by atoms with Gasteiger partial charge in [-0.2, -0.15) is 15.0 Å². The lowest BCUT2D eigenvalue weighted by atomic mass is 10.2. The molecule has 1 fully saturated rings. The molecule has 0 unspecified atom stereocenters. The van der Waals surface area contributed by atoms with Crippen molar-refractivity contribution in [1.82, 2.24) is 19.7 Å². The monoisotopic (exact) mass is 273 g/mol. The van der Waals surface area contributed by atoms with E-state index in [4.69, 9.17) is 11.6 Å². The fourth-order valence-electron chi connectivity index (χ4n) is 2.09. The molecule has 2 aromatic rings. The SMILES string of the molecule is Cc1cc(C)nc(-n2nc(C3CC3)c(C#N)c2Cl)n1. The van der Waals surface area contributed by atoms with E-state index in [9.17, 15) is 5.26 Å². The van der Waals surface area contributed by atoms with Crippen molar-refractivity contribution < 1.29 is 0 Å². The number of nitrogens with zero attached hydrogens (tertiary/aromatic N) is 5. The van der Waals surface area contributed by atoms with E-state index in [1.54, 1.807) is 0 Å². The predicted octanol–water partition coefficient (Wildman–Crippen LogP) is 2.68. The van der Waals surface area contributed by atoms with Crippen molar-refractivity contribution in [3.8, 4) is 12.0 Å². The molecule has 0 amide bonds.